The molecule has 0 aliphatic rings. The summed E-state index contributed by atoms with van der Waals surface area (Å²) in [4.78, 5) is 23.8. The lowest BCUT2D eigenvalue weighted by Gasteiger charge is -2.11. The van der Waals surface area contributed by atoms with Crippen LogP contribution in [0.4, 0.5) is 19.0 Å². The number of hydrogen-bond donors (Lipinski definition) is 0. The highest BCUT2D eigenvalue weighted by Gasteiger charge is 2.36. The Bertz CT molecular complexity index is 1690. The van der Waals surface area contributed by atoms with Crippen LogP contribution in [0.3, 0.4) is 0 Å². The first-order valence-electron chi connectivity index (χ1n) is 10.5. The molecule has 0 saturated carbocycles. The zero-order valence-electron chi connectivity index (χ0n) is 18.2. The molecule has 5 aromatic rings. The molecule has 0 radical (unpaired) electrons. The van der Waals surface area contributed by atoms with Crippen LogP contribution in [0.1, 0.15) is 11.3 Å². The summed E-state index contributed by atoms with van der Waals surface area (Å²) in [6.07, 6.45) is 0.136. The molecule has 4 aromatic heterocycles. The maximum atomic E-state index is 13.2. The van der Waals surface area contributed by atoms with Crippen LogP contribution in [0.15, 0.2) is 78.0 Å². The van der Waals surface area contributed by atoms with E-state index in [0.717, 1.165) is 33.5 Å². The van der Waals surface area contributed by atoms with Crippen molar-refractivity contribution >= 4 is 23.1 Å². The minimum atomic E-state index is -4.69. The third-order valence-corrected chi connectivity index (χ3v) is 5.80. The van der Waals surface area contributed by atoms with Crippen molar-refractivity contribution in [3.63, 3.8) is 0 Å². The number of nitrogens with zero attached hydrogens (tertiary/aromatic N) is 6. The standard InChI is InChI=1S/C25H14ClF3N6O/c1-30-22-17(4-7-20(32-22)25(27,28)29)14-35-24(36)34-13-10-19(15-2-5-18(26)6-3-15)21(23(34)33-35)16-8-11-31-12-9-16/h2-13H,14H2. The average molecular weight is 507 g/mol. The molecule has 0 spiro atoms. The van der Waals surface area contributed by atoms with Crippen molar-refractivity contribution < 1.29 is 13.2 Å². The van der Waals surface area contributed by atoms with E-state index in [9.17, 15) is 18.0 Å². The molecule has 178 valence electrons. The van der Waals surface area contributed by atoms with Gasteiger partial charge in [-0.3, -0.25) is 4.98 Å². The van der Waals surface area contributed by atoms with Crippen molar-refractivity contribution in [2.24, 2.45) is 0 Å². The summed E-state index contributed by atoms with van der Waals surface area (Å²) < 4.78 is 41.5. The van der Waals surface area contributed by atoms with E-state index in [1.807, 2.05) is 12.1 Å². The summed E-state index contributed by atoms with van der Waals surface area (Å²) in [6.45, 7) is 7.04. The topological polar surface area (TPSA) is 69.4 Å². The Hall–Kier alpha value is -4.49. The van der Waals surface area contributed by atoms with Crippen LogP contribution < -0.4 is 5.69 Å². The quantitative estimate of drug-likeness (QED) is 0.285. The molecule has 0 aliphatic heterocycles. The normalized spacial score (nSPS) is 11.5. The molecule has 7 nitrogen and oxygen atoms in total. The monoisotopic (exact) mass is 506 g/mol. The van der Waals surface area contributed by atoms with E-state index < -0.39 is 23.4 Å². The van der Waals surface area contributed by atoms with Gasteiger partial charge in [0.25, 0.3) is 5.82 Å². The van der Waals surface area contributed by atoms with Gasteiger partial charge in [0, 0.05) is 29.2 Å². The molecular formula is C25H14ClF3N6O. The van der Waals surface area contributed by atoms with Gasteiger partial charge in [-0.15, -0.1) is 10.1 Å². The van der Waals surface area contributed by atoms with Crippen LogP contribution in [0, 0.1) is 6.57 Å². The summed E-state index contributed by atoms with van der Waals surface area (Å²) in [5.74, 6) is -0.440. The van der Waals surface area contributed by atoms with Crippen molar-refractivity contribution in [3.05, 3.63) is 111 Å². The molecular weight excluding hydrogens is 493 g/mol. The zero-order valence-corrected chi connectivity index (χ0v) is 19.0. The van der Waals surface area contributed by atoms with E-state index in [1.54, 1.807) is 48.9 Å². The number of hydrogen-bond acceptors (Lipinski definition) is 4. The molecule has 0 bridgehead atoms. The highest BCUT2D eigenvalue weighted by Crippen LogP contribution is 2.35. The highest BCUT2D eigenvalue weighted by molar-refractivity contribution is 6.30. The van der Waals surface area contributed by atoms with Gasteiger partial charge in [-0.25, -0.2) is 13.9 Å². The number of fused-ring (bicyclic) bond motifs is 1. The fraction of sp³-hybridized carbons (Fsp3) is 0.0800. The van der Waals surface area contributed by atoms with Crippen molar-refractivity contribution in [2.45, 2.75) is 12.7 Å². The second-order valence-corrected chi connectivity index (χ2v) is 8.21. The van der Waals surface area contributed by atoms with Gasteiger partial charge in [0.05, 0.1) is 6.54 Å². The second-order valence-electron chi connectivity index (χ2n) is 7.77. The maximum Gasteiger partial charge on any atom is 0.456 e. The Kier molecular flexibility index (Phi) is 5.78. The Morgan fingerprint density at radius 2 is 1.69 bits per heavy atom. The van der Waals surface area contributed by atoms with Gasteiger partial charge in [0.15, 0.2) is 5.65 Å². The summed E-state index contributed by atoms with van der Waals surface area (Å²) in [7, 11) is 0. The highest BCUT2D eigenvalue weighted by atomic mass is 35.5. The van der Waals surface area contributed by atoms with Crippen LogP contribution in [0.25, 0.3) is 32.7 Å². The first-order valence-corrected chi connectivity index (χ1v) is 10.9. The Morgan fingerprint density at radius 1 is 0.972 bits per heavy atom. The number of aromatic nitrogens is 5. The van der Waals surface area contributed by atoms with Crippen molar-refractivity contribution in [1.82, 2.24) is 24.1 Å². The van der Waals surface area contributed by atoms with E-state index >= 15 is 0 Å². The number of halogens is 4. The van der Waals surface area contributed by atoms with Crippen LogP contribution >= 0.6 is 11.6 Å². The summed E-state index contributed by atoms with van der Waals surface area (Å²) in [6, 6.07) is 14.5. The van der Waals surface area contributed by atoms with Crippen LogP contribution in [0.5, 0.6) is 0 Å². The molecule has 4 heterocycles. The van der Waals surface area contributed by atoms with E-state index in [4.69, 9.17) is 18.2 Å². The fourth-order valence-corrected chi connectivity index (χ4v) is 4.00. The lowest BCUT2D eigenvalue weighted by Crippen LogP contribution is -2.22. The number of pyridine rings is 3. The van der Waals surface area contributed by atoms with Gasteiger partial charge in [0.1, 0.15) is 0 Å². The van der Waals surface area contributed by atoms with Gasteiger partial charge in [0.2, 0.25) is 5.69 Å². The van der Waals surface area contributed by atoms with Gasteiger partial charge in [-0.1, -0.05) is 36.4 Å². The number of alkyl halides is 3. The predicted octanol–water partition coefficient (Wildman–Crippen LogP) is 5.89. The third-order valence-electron chi connectivity index (χ3n) is 5.55. The van der Waals surface area contributed by atoms with Crippen molar-refractivity contribution in [3.8, 4) is 22.3 Å². The number of benzene rings is 1. The maximum absolute atomic E-state index is 13.2. The Balaban J connectivity index is 1.68. The van der Waals surface area contributed by atoms with Crippen molar-refractivity contribution in [2.75, 3.05) is 0 Å². The largest absolute Gasteiger partial charge is 0.456 e. The minimum Gasteiger partial charge on any atom is -0.360 e. The van der Waals surface area contributed by atoms with Crippen LogP contribution in [0.2, 0.25) is 5.02 Å². The van der Waals surface area contributed by atoms with Gasteiger partial charge < -0.3 is 4.85 Å². The summed E-state index contributed by atoms with van der Waals surface area (Å²) in [5, 5.41) is 5.08. The van der Waals surface area contributed by atoms with Gasteiger partial charge in [-0.2, -0.15) is 13.2 Å². The van der Waals surface area contributed by atoms with E-state index in [1.165, 1.54) is 4.40 Å². The van der Waals surface area contributed by atoms with E-state index in [0.29, 0.717) is 16.2 Å². The number of rotatable bonds is 4. The molecule has 0 amide bonds. The molecule has 11 heteroatoms. The first kappa shape index (κ1) is 23.3. The summed E-state index contributed by atoms with van der Waals surface area (Å²) >= 11 is 6.05. The average Bonchev–Trinajstić information content (AvgIpc) is 3.19. The first-order chi connectivity index (χ1) is 17.3. The minimum absolute atomic E-state index is 0.145. The molecule has 0 fully saturated rings. The molecule has 0 saturated heterocycles. The van der Waals surface area contributed by atoms with E-state index in [-0.39, 0.29) is 12.1 Å². The van der Waals surface area contributed by atoms with Crippen LogP contribution in [-0.2, 0) is 12.7 Å². The molecule has 36 heavy (non-hydrogen) atoms. The van der Waals surface area contributed by atoms with Gasteiger partial charge in [-0.05, 0) is 58.7 Å². The van der Waals surface area contributed by atoms with Gasteiger partial charge >= 0.3 is 11.9 Å². The lowest BCUT2D eigenvalue weighted by molar-refractivity contribution is -0.141. The molecule has 0 aliphatic carbocycles. The smallest absolute Gasteiger partial charge is 0.360 e. The lowest BCUT2D eigenvalue weighted by atomic mass is 9.96. The van der Waals surface area contributed by atoms with E-state index in [2.05, 4.69) is 19.9 Å². The third kappa shape index (κ3) is 4.21. The van der Waals surface area contributed by atoms with Crippen molar-refractivity contribution in [1.29, 1.82) is 0 Å². The molecule has 0 unspecified atom stereocenters. The Labute approximate surface area is 206 Å². The SMILES string of the molecule is [C-]#[N+]c1nc(C(F)(F)F)ccc1Cn1nc2c(-c3ccncc3)c(-c3ccc(Cl)cc3)ccn2c1=O. The molecule has 0 N–H and O–H groups in total. The predicted molar refractivity (Wildman–Crippen MR) is 128 cm³/mol. The second kappa shape index (κ2) is 8.94. The molecule has 1 aromatic carbocycles. The Morgan fingerprint density at radius 3 is 2.36 bits per heavy atom. The summed E-state index contributed by atoms with van der Waals surface area (Å²) in [5.41, 5.74) is 1.85. The fourth-order valence-electron chi connectivity index (χ4n) is 3.87. The zero-order chi connectivity index (χ0) is 25.4. The van der Waals surface area contributed by atoms with Crippen LogP contribution in [-0.4, -0.2) is 24.1 Å². The molecule has 5 rings (SSSR count). The molecule has 0 atom stereocenters.